The Bertz CT molecular complexity index is 206. The molecule has 18 heavy (non-hydrogen) atoms. The van der Waals surface area contributed by atoms with Gasteiger partial charge in [-0.2, -0.15) is 0 Å². The molecular formula is C12H25N2NaO3. The number of aliphatic carboxylic acids is 1. The Morgan fingerprint density at radius 1 is 1.39 bits per heavy atom. The third kappa shape index (κ3) is 10.3. The summed E-state index contributed by atoms with van der Waals surface area (Å²) >= 11 is 0. The second-order valence-corrected chi connectivity index (χ2v) is 4.27. The van der Waals surface area contributed by atoms with E-state index in [2.05, 4.69) is 6.92 Å². The summed E-state index contributed by atoms with van der Waals surface area (Å²) in [7, 11) is 0. The van der Waals surface area contributed by atoms with Crippen molar-refractivity contribution in [1.82, 2.24) is 4.90 Å². The van der Waals surface area contributed by atoms with Gasteiger partial charge in [-0.1, -0.05) is 26.2 Å². The van der Waals surface area contributed by atoms with E-state index in [9.17, 15) is 9.90 Å². The minimum absolute atomic E-state index is 0. The van der Waals surface area contributed by atoms with Gasteiger partial charge in [0.15, 0.2) is 0 Å². The van der Waals surface area contributed by atoms with E-state index in [1.54, 1.807) is 0 Å². The number of hydrogen-bond donors (Lipinski definition) is 2. The number of carboxylic acid groups (broad SMARTS) is 1. The molecule has 0 fully saturated rings. The van der Waals surface area contributed by atoms with Crippen molar-refractivity contribution in [3.8, 4) is 0 Å². The van der Waals surface area contributed by atoms with Gasteiger partial charge in [0.2, 0.25) is 0 Å². The average Bonchev–Trinajstić information content (AvgIpc) is 2.30. The van der Waals surface area contributed by atoms with Crippen molar-refractivity contribution in [2.75, 3.05) is 26.2 Å². The maximum Gasteiger partial charge on any atom is 1.00 e. The molecule has 0 heterocycles. The molecule has 0 radical (unpaired) electrons. The summed E-state index contributed by atoms with van der Waals surface area (Å²) in [6.07, 6.45) is 4.34. The van der Waals surface area contributed by atoms with Crippen LogP contribution in [0.15, 0.2) is 0 Å². The number of carboxylic acids is 1. The van der Waals surface area contributed by atoms with Crippen LogP contribution in [0.4, 0.5) is 0 Å². The van der Waals surface area contributed by atoms with E-state index in [1.165, 1.54) is 0 Å². The Balaban J connectivity index is 0. The third-order valence-electron chi connectivity index (χ3n) is 2.92. The first-order valence-electron chi connectivity index (χ1n) is 6.40. The monoisotopic (exact) mass is 268 g/mol. The minimum atomic E-state index is -1.06. The van der Waals surface area contributed by atoms with Gasteiger partial charge in [0.05, 0.1) is 6.61 Å². The van der Waals surface area contributed by atoms with Gasteiger partial charge < -0.3 is 20.7 Å². The summed E-state index contributed by atoms with van der Waals surface area (Å²) in [5.41, 5.74) is 5.71. The average molecular weight is 268 g/mol. The minimum Gasteiger partial charge on any atom is -0.550 e. The Morgan fingerprint density at radius 2 is 2.06 bits per heavy atom. The Labute approximate surface area is 132 Å². The van der Waals surface area contributed by atoms with Crippen LogP contribution in [0.5, 0.6) is 0 Å². The van der Waals surface area contributed by atoms with E-state index < -0.39 is 5.97 Å². The maximum atomic E-state index is 10.4. The molecule has 0 aromatic carbocycles. The van der Waals surface area contributed by atoms with Crippen molar-refractivity contribution in [3.05, 3.63) is 0 Å². The van der Waals surface area contributed by atoms with Crippen LogP contribution >= 0.6 is 0 Å². The molecular weight excluding hydrogens is 243 g/mol. The van der Waals surface area contributed by atoms with Crippen molar-refractivity contribution in [2.24, 2.45) is 5.73 Å². The number of carbonyl (C=O) groups excluding carboxylic acids is 1. The van der Waals surface area contributed by atoms with Crippen molar-refractivity contribution < 1.29 is 44.6 Å². The molecule has 102 valence electrons. The summed E-state index contributed by atoms with van der Waals surface area (Å²) in [5, 5.41) is 19.4. The standard InChI is InChI=1S/C12H26N2O3.Na/c1-2-3-4-5-11(10-13)14(8-9-15)7-6-12(16)17;/h11,15H,2-10,13H2,1H3,(H,16,17);/q;+1/p-1. The van der Waals surface area contributed by atoms with Gasteiger partial charge in [-0.25, -0.2) is 0 Å². The SMILES string of the molecule is CCCCCC(CN)N(CCO)CCC(=O)[O-].[Na+]. The van der Waals surface area contributed by atoms with Gasteiger partial charge in [-0.3, -0.25) is 4.90 Å². The van der Waals surface area contributed by atoms with Crippen LogP contribution in [0.3, 0.4) is 0 Å². The predicted octanol–water partition coefficient (Wildman–Crippen LogP) is -3.67. The largest absolute Gasteiger partial charge is 1.00 e. The molecule has 5 nitrogen and oxygen atoms in total. The van der Waals surface area contributed by atoms with Gasteiger partial charge in [0.25, 0.3) is 0 Å². The number of aliphatic hydroxyl groups excluding tert-OH is 1. The molecule has 0 saturated carbocycles. The van der Waals surface area contributed by atoms with E-state index in [1.807, 2.05) is 4.90 Å². The molecule has 6 heteroatoms. The molecule has 0 rings (SSSR count). The molecule has 3 N–H and O–H groups in total. The number of rotatable bonds is 11. The Morgan fingerprint density at radius 3 is 2.50 bits per heavy atom. The van der Waals surface area contributed by atoms with Gasteiger partial charge in [-0.15, -0.1) is 0 Å². The number of nitrogens with two attached hydrogens (primary N) is 1. The zero-order valence-corrected chi connectivity index (χ0v) is 13.7. The van der Waals surface area contributed by atoms with Crippen LogP contribution in [0.25, 0.3) is 0 Å². The number of aliphatic hydroxyl groups is 1. The van der Waals surface area contributed by atoms with Crippen LogP contribution in [-0.4, -0.2) is 48.3 Å². The molecule has 0 aromatic rings. The van der Waals surface area contributed by atoms with Gasteiger partial charge >= 0.3 is 29.6 Å². The zero-order chi connectivity index (χ0) is 13.1. The summed E-state index contributed by atoms with van der Waals surface area (Å²) in [5.74, 6) is -1.06. The molecule has 0 aliphatic carbocycles. The molecule has 0 spiro atoms. The molecule has 1 atom stereocenters. The van der Waals surface area contributed by atoms with E-state index >= 15 is 0 Å². The molecule has 0 saturated heterocycles. The van der Waals surface area contributed by atoms with E-state index in [0.29, 0.717) is 19.6 Å². The number of carbonyl (C=O) groups is 1. The number of nitrogens with zero attached hydrogens (tertiary/aromatic N) is 1. The second kappa shape index (κ2) is 13.8. The molecule has 1 unspecified atom stereocenters. The number of hydrogen-bond acceptors (Lipinski definition) is 5. The fourth-order valence-electron chi connectivity index (χ4n) is 1.92. The van der Waals surface area contributed by atoms with Crippen molar-refractivity contribution in [3.63, 3.8) is 0 Å². The smallest absolute Gasteiger partial charge is 0.550 e. The summed E-state index contributed by atoms with van der Waals surface area (Å²) in [6, 6.07) is 0.160. The van der Waals surface area contributed by atoms with Crippen LogP contribution in [0.1, 0.15) is 39.0 Å². The van der Waals surface area contributed by atoms with Crippen molar-refractivity contribution in [1.29, 1.82) is 0 Å². The maximum absolute atomic E-state index is 10.4. The normalized spacial score (nSPS) is 12.2. The van der Waals surface area contributed by atoms with Gasteiger partial charge in [0, 0.05) is 31.6 Å². The quantitative estimate of drug-likeness (QED) is 0.298. The molecule has 0 bridgehead atoms. The van der Waals surface area contributed by atoms with Gasteiger partial charge in [-0.05, 0) is 12.8 Å². The van der Waals surface area contributed by atoms with Crippen molar-refractivity contribution >= 4 is 5.97 Å². The second-order valence-electron chi connectivity index (χ2n) is 4.27. The first-order chi connectivity index (χ1) is 8.15. The van der Waals surface area contributed by atoms with Crippen LogP contribution in [-0.2, 0) is 4.79 Å². The fourth-order valence-corrected chi connectivity index (χ4v) is 1.92. The molecule has 0 amide bonds. The topological polar surface area (TPSA) is 89.6 Å². The zero-order valence-electron chi connectivity index (χ0n) is 11.7. The van der Waals surface area contributed by atoms with E-state index in [4.69, 9.17) is 10.8 Å². The van der Waals surface area contributed by atoms with Gasteiger partial charge in [0.1, 0.15) is 0 Å². The summed E-state index contributed by atoms with van der Waals surface area (Å²) in [4.78, 5) is 12.4. The molecule has 0 aliphatic heterocycles. The van der Waals surface area contributed by atoms with Crippen molar-refractivity contribution in [2.45, 2.75) is 45.1 Å². The Hall–Kier alpha value is 0.350. The third-order valence-corrected chi connectivity index (χ3v) is 2.92. The number of unbranched alkanes of at least 4 members (excludes halogenated alkanes) is 2. The van der Waals surface area contributed by atoms with E-state index in [-0.39, 0.29) is 48.6 Å². The molecule has 0 aliphatic rings. The van der Waals surface area contributed by atoms with Crippen LogP contribution in [0, 0.1) is 0 Å². The Kier molecular flexibility index (Phi) is 15.8. The predicted molar refractivity (Wildman–Crippen MR) is 65.3 cm³/mol. The van der Waals surface area contributed by atoms with Crippen LogP contribution < -0.4 is 40.4 Å². The van der Waals surface area contributed by atoms with Crippen LogP contribution in [0.2, 0.25) is 0 Å². The molecule has 0 aromatic heterocycles. The fraction of sp³-hybridized carbons (Fsp3) is 0.917. The van der Waals surface area contributed by atoms with E-state index in [0.717, 1.165) is 25.7 Å². The first-order valence-corrected chi connectivity index (χ1v) is 6.40. The summed E-state index contributed by atoms with van der Waals surface area (Å²) < 4.78 is 0. The summed E-state index contributed by atoms with van der Waals surface area (Å²) in [6.45, 7) is 3.53. The first kappa shape index (κ1) is 20.7.